The highest BCUT2D eigenvalue weighted by Gasteiger charge is 2.30. The fourth-order valence-electron chi connectivity index (χ4n) is 3.66. The number of nitrogens with zero attached hydrogens (tertiary/aromatic N) is 1. The van der Waals surface area contributed by atoms with Gasteiger partial charge in [-0.05, 0) is 48.9 Å². The van der Waals surface area contributed by atoms with Gasteiger partial charge >= 0.3 is 12.1 Å². The number of carboxylic acids is 1. The minimum Gasteiger partial charge on any atom is -0.493 e. The van der Waals surface area contributed by atoms with Gasteiger partial charge in [-0.3, -0.25) is 4.79 Å². The lowest BCUT2D eigenvalue weighted by Gasteiger charge is -2.14. The maximum absolute atomic E-state index is 12.7. The average molecular weight is 445 g/mol. The molecule has 0 atom stereocenters. The molecule has 2 aromatic carbocycles. The number of rotatable bonds is 9. The number of oxazole rings is 1. The van der Waals surface area contributed by atoms with Gasteiger partial charge < -0.3 is 14.3 Å². The molecule has 1 aromatic heterocycles. The van der Waals surface area contributed by atoms with Crippen LogP contribution in [-0.2, 0) is 23.8 Å². The third kappa shape index (κ3) is 5.30. The molecule has 4 rings (SSSR count). The Hall–Kier alpha value is -3.29. The molecular weight excluding hydrogens is 423 g/mol. The number of benzene rings is 2. The monoisotopic (exact) mass is 445 g/mol. The highest BCUT2D eigenvalue weighted by atomic mass is 19.4. The summed E-state index contributed by atoms with van der Waals surface area (Å²) in [4.78, 5) is 15.5. The second-order valence-corrected chi connectivity index (χ2v) is 7.83. The van der Waals surface area contributed by atoms with E-state index < -0.39 is 17.7 Å². The molecule has 0 bridgehead atoms. The second-order valence-electron chi connectivity index (χ2n) is 7.83. The quantitative estimate of drug-likeness (QED) is 0.417. The van der Waals surface area contributed by atoms with Gasteiger partial charge in [0.25, 0.3) is 0 Å². The van der Waals surface area contributed by atoms with E-state index in [-0.39, 0.29) is 6.42 Å². The van der Waals surface area contributed by atoms with Crippen LogP contribution < -0.4 is 4.74 Å². The number of ether oxygens (including phenoxy) is 1. The van der Waals surface area contributed by atoms with E-state index in [4.69, 9.17) is 14.3 Å². The van der Waals surface area contributed by atoms with Crippen molar-refractivity contribution in [2.75, 3.05) is 6.61 Å². The van der Waals surface area contributed by atoms with Crippen molar-refractivity contribution in [2.45, 2.75) is 44.2 Å². The van der Waals surface area contributed by atoms with Crippen LogP contribution in [-0.4, -0.2) is 22.7 Å². The number of alkyl halides is 3. The number of hydrogen-bond donors (Lipinski definition) is 1. The first-order valence-electron chi connectivity index (χ1n) is 10.4. The molecule has 0 unspecified atom stereocenters. The fourth-order valence-corrected chi connectivity index (χ4v) is 3.66. The molecule has 3 aromatic rings. The lowest BCUT2D eigenvalue weighted by molar-refractivity contribution is -0.138. The largest absolute Gasteiger partial charge is 0.493 e. The van der Waals surface area contributed by atoms with Crippen LogP contribution in [0.2, 0.25) is 0 Å². The first-order chi connectivity index (χ1) is 15.3. The van der Waals surface area contributed by atoms with Gasteiger partial charge in [0.2, 0.25) is 0 Å². The highest BCUT2D eigenvalue weighted by molar-refractivity contribution is 5.71. The lowest BCUT2D eigenvalue weighted by atomic mass is 9.99. The average Bonchev–Trinajstić information content (AvgIpc) is 3.47. The van der Waals surface area contributed by atoms with Crippen LogP contribution >= 0.6 is 0 Å². The van der Waals surface area contributed by atoms with Crippen molar-refractivity contribution in [3.63, 3.8) is 0 Å². The number of hydrogen-bond acceptors (Lipinski definition) is 4. The number of aryl methyl sites for hydroxylation is 1. The summed E-state index contributed by atoms with van der Waals surface area (Å²) in [6.07, 6.45) is 0.242. The van der Waals surface area contributed by atoms with Gasteiger partial charge in [-0.25, -0.2) is 4.98 Å². The van der Waals surface area contributed by atoms with Crippen molar-refractivity contribution >= 4 is 5.97 Å². The van der Waals surface area contributed by atoms with Gasteiger partial charge in [0.15, 0.2) is 5.89 Å². The number of carbonyl (C=O) groups is 1. The van der Waals surface area contributed by atoms with Crippen molar-refractivity contribution in [3.8, 4) is 17.0 Å². The molecule has 1 saturated carbocycles. The molecule has 0 aliphatic heterocycles. The standard InChI is InChI=1S/C24H22F3NO4/c25-24(26,27)18-10-8-15(9-11-18)19-14-32-21(28-19)5-2-12-31-20-4-1-3-17(13-22(29)30)23(20)16-6-7-16/h1,3-4,8-11,14,16H,2,5-7,12-13H2,(H,29,30). The normalized spacial score (nSPS) is 13.8. The molecule has 1 aliphatic carbocycles. The number of aromatic nitrogens is 1. The SMILES string of the molecule is O=C(O)Cc1cccc(OCCCc2nc(-c3ccc(C(F)(F)F)cc3)co2)c1C1CC1. The van der Waals surface area contributed by atoms with Gasteiger partial charge in [0.05, 0.1) is 18.6 Å². The Bertz CT molecular complexity index is 1090. The summed E-state index contributed by atoms with van der Waals surface area (Å²) in [6.45, 7) is 0.411. The molecule has 1 aliphatic rings. The van der Waals surface area contributed by atoms with Crippen LogP contribution in [0.5, 0.6) is 5.75 Å². The Kier molecular flexibility index (Phi) is 6.21. The molecule has 1 N–H and O–H groups in total. The molecule has 0 amide bonds. The van der Waals surface area contributed by atoms with Gasteiger partial charge in [-0.1, -0.05) is 24.3 Å². The minimum atomic E-state index is -4.37. The van der Waals surface area contributed by atoms with Crippen molar-refractivity contribution in [2.24, 2.45) is 0 Å². The highest BCUT2D eigenvalue weighted by Crippen LogP contribution is 2.46. The predicted octanol–water partition coefficient (Wildman–Crippen LogP) is 5.88. The molecule has 32 heavy (non-hydrogen) atoms. The smallest absolute Gasteiger partial charge is 0.416 e. The minimum absolute atomic E-state index is 0.0218. The van der Waals surface area contributed by atoms with Crippen molar-refractivity contribution in [1.82, 2.24) is 4.98 Å². The zero-order chi connectivity index (χ0) is 22.7. The zero-order valence-corrected chi connectivity index (χ0v) is 17.2. The number of aliphatic carboxylic acids is 1. The van der Waals surface area contributed by atoms with E-state index in [2.05, 4.69) is 4.98 Å². The molecule has 5 nitrogen and oxygen atoms in total. The van der Waals surface area contributed by atoms with Crippen molar-refractivity contribution in [3.05, 3.63) is 71.3 Å². The summed E-state index contributed by atoms with van der Waals surface area (Å²) >= 11 is 0. The summed E-state index contributed by atoms with van der Waals surface area (Å²) in [5, 5.41) is 9.15. The van der Waals surface area contributed by atoms with E-state index in [0.717, 1.165) is 41.9 Å². The van der Waals surface area contributed by atoms with E-state index in [9.17, 15) is 18.0 Å². The molecule has 1 fully saturated rings. The Morgan fingerprint density at radius 2 is 1.91 bits per heavy atom. The summed E-state index contributed by atoms with van der Waals surface area (Å²) in [5.74, 6) is 0.699. The van der Waals surface area contributed by atoms with Gasteiger partial charge in [0.1, 0.15) is 17.7 Å². The molecule has 1 heterocycles. The Morgan fingerprint density at radius 3 is 2.56 bits per heavy atom. The topological polar surface area (TPSA) is 72.6 Å². The van der Waals surface area contributed by atoms with E-state index in [0.29, 0.717) is 42.5 Å². The van der Waals surface area contributed by atoms with Gasteiger partial charge in [0, 0.05) is 17.5 Å². The van der Waals surface area contributed by atoms with Crippen LogP contribution in [0.1, 0.15) is 47.8 Å². The summed E-state index contributed by atoms with van der Waals surface area (Å²) < 4.78 is 49.5. The summed E-state index contributed by atoms with van der Waals surface area (Å²) in [7, 11) is 0. The van der Waals surface area contributed by atoms with Crippen LogP contribution in [0.25, 0.3) is 11.3 Å². The number of carboxylic acid groups (broad SMARTS) is 1. The van der Waals surface area contributed by atoms with E-state index in [1.807, 2.05) is 18.2 Å². The van der Waals surface area contributed by atoms with Crippen LogP contribution in [0.15, 0.2) is 53.1 Å². The Balaban J connectivity index is 1.33. The maximum Gasteiger partial charge on any atom is 0.416 e. The first-order valence-corrected chi connectivity index (χ1v) is 10.4. The molecule has 0 radical (unpaired) electrons. The fraction of sp³-hybridized carbons (Fsp3) is 0.333. The van der Waals surface area contributed by atoms with E-state index >= 15 is 0 Å². The molecular formula is C24H22F3NO4. The summed E-state index contributed by atoms with van der Waals surface area (Å²) in [6, 6.07) is 10.3. The third-order valence-electron chi connectivity index (χ3n) is 5.34. The molecule has 0 spiro atoms. The Morgan fingerprint density at radius 1 is 1.16 bits per heavy atom. The van der Waals surface area contributed by atoms with E-state index in [1.165, 1.54) is 18.4 Å². The second kappa shape index (κ2) is 9.06. The van der Waals surface area contributed by atoms with Crippen molar-refractivity contribution < 1.29 is 32.2 Å². The third-order valence-corrected chi connectivity index (χ3v) is 5.34. The number of halogens is 3. The van der Waals surface area contributed by atoms with Crippen LogP contribution in [0, 0.1) is 0 Å². The van der Waals surface area contributed by atoms with Gasteiger partial charge in [-0.15, -0.1) is 0 Å². The predicted molar refractivity (Wildman–Crippen MR) is 111 cm³/mol. The van der Waals surface area contributed by atoms with Crippen molar-refractivity contribution in [1.29, 1.82) is 0 Å². The van der Waals surface area contributed by atoms with Crippen LogP contribution in [0.3, 0.4) is 0 Å². The lowest BCUT2D eigenvalue weighted by Crippen LogP contribution is -2.07. The zero-order valence-electron chi connectivity index (χ0n) is 17.2. The molecule has 168 valence electrons. The maximum atomic E-state index is 12.7. The van der Waals surface area contributed by atoms with Gasteiger partial charge in [-0.2, -0.15) is 13.2 Å². The molecule has 8 heteroatoms. The van der Waals surface area contributed by atoms with Crippen LogP contribution in [0.4, 0.5) is 13.2 Å². The first kappa shape index (κ1) is 21.9. The van der Waals surface area contributed by atoms with E-state index in [1.54, 1.807) is 0 Å². The summed E-state index contributed by atoms with van der Waals surface area (Å²) in [5.41, 5.74) is 2.11. The Labute approximate surface area is 182 Å². The molecule has 0 saturated heterocycles.